The van der Waals surface area contributed by atoms with Crippen molar-refractivity contribution in [2.45, 2.75) is 18.8 Å². The summed E-state index contributed by atoms with van der Waals surface area (Å²) in [5.41, 5.74) is 1.15. The van der Waals surface area contributed by atoms with Gasteiger partial charge in [-0.25, -0.2) is 13.6 Å². The van der Waals surface area contributed by atoms with Crippen LogP contribution in [0.2, 0.25) is 0 Å². The lowest BCUT2D eigenvalue weighted by atomic mass is 10.0. The number of piperidine rings is 1. The molecule has 20 heavy (non-hydrogen) atoms. The number of benzene rings is 1. The van der Waals surface area contributed by atoms with Crippen LogP contribution < -0.4 is 4.90 Å². The van der Waals surface area contributed by atoms with E-state index in [2.05, 4.69) is 4.74 Å². The normalized spacial score (nSPS) is 17.4. The van der Waals surface area contributed by atoms with Crippen molar-refractivity contribution in [3.05, 3.63) is 29.3 Å². The average molecular weight is 280 g/mol. The number of hydrogen-bond donors (Lipinski definition) is 0. The highest BCUT2D eigenvalue weighted by Gasteiger charge is 2.35. The molecule has 0 atom stereocenters. The van der Waals surface area contributed by atoms with Crippen LogP contribution in [0.5, 0.6) is 0 Å². The Morgan fingerprint density at radius 1 is 1.40 bits per heavy atom. The lowest BCUT2D eigenvalue weighted by Crippen LogP contribution is -2.40. The Hall–Kier alpha value is -2.16. The molecular weight excluding hydrogens is 266 g/mol. The third kappa shape index (κ3) is 2.87. The van der Waals surface area contributed by atoms with E-state index in [4.69, 9.17) is 5.26 Å². The molecule has 2 rings (SSSR count). The third-order valence-electron chi connectivity index (χ3n) is 3.37. The maximum atomic E-state index is 13.2. The summed E-state index contributed by atoms with van der Waals surface area (Å²) in [7, 11) is 1.26. The van der Waals surface area contributed by atoms with E-state index in [-0.39, 0.29) is 31.5 Å². The van der Waals surface area contributed by atoms with Crippen LogP contribution in [0.15, 0.2) is 18.2 Å². The van der Waals surface area contributed by atoms with E-state index >= 15 is 0 Å². The Balaban J connectivity index is 2.34. The summed E-state index contributed by atoms with van der Waals surface area (Å²) in [6.45, 7) is 0.289. The monoisotopic (exact) mass is 280 g/mol. The molecule has 1 saturated heterocycles. The van der Waals surface area contributed by atoms with Crippen LogP contribution in [-0.2, 0) is 4.74 Å². The van der Waals surface area contributed by atoms with E-state index in [9.17, 15) is 13.6 Å². The van der Waals surface area contributed by atoms with Gasteiger partial charge in [0, 0.05) is 25.9 Å². The molecule has 1 heterocycles. The first-order valence-electron chi connectivity index (χ1n) is 6.22. The minimum atomic E-state index is -2.66. The lowest BCUT2D eigenvalue weighted by Gasteiger charge is -2.34. The number of anilines is 1. The van der Waals surface area contributed by atoms with Gasteiger partial charge in [-0.2, -0.15) is 5.26 Å². The molecule has 6 heteroatoms. The number of nitriles is 1. The molecule has 0 N–H and O–H groups in total. The highest BCUT2D eigenvalue weighted by molar-refractivity contribution is 5.96. The first-order chi connectivity index (χ1) is 9.46. The molecule has 0 unspecified atom stereocenters. The van der Waals surface area contributed by atoms with Crippen LogP contribution >= 0.6 is 0 Å². The zero-order chi connectivity index (χ0) is 14.8. The predicted octanol–water partition coefficient (Wildman–Crippen LogP) is 2.58. The summed E-state index contributed by atoms with van der Waals surface area (Å²) >= 11 is 0. The van der Waals surface area contributed by atoms with Crippen molar-refractivity contribution in [1.82, 2.24) is 0 Å². The second-order valence-corrected chi connectivity index (χ2v) is 4.68. The van der Waals surface area contributed by atoms with E-state index in [0.29, 0.717) is 11.3 Å². The first kappa shape index (κ1) is 14.3. The fourth-order valence-electron chi connectivity index (χ4n) is 2.22. The molecule has 1 aliphatic heterocycles. The van der Waals surface area contributed by atoms with Gasteiger partial charge in [0.2, 0.25) is 0 Å². The summed E-state index contributed by atoms with van der Waals surface area (Å²) < 4.78 is 31.1. The molecule has 4 nitrogen and oxygen atoms in total. The molecule has 0 radical (unpaired) electrons. The van der Waals surface area contributed by atoms with Gasteiger partial charge in [-0.05, 0) is 18.2 Å². The number of alkyl halides is 2. The maximum Gasteiger partial charge on any atom is 0.339 e. The number of halogens is 2. The van der Waals surface area contributed by atoms with Gasteiger partial charge in [-0.3, -0.25) is 0 Å². The van der Waals surface area contributed by atoms with Crippen molar-refractivity contribution in [2.75, 3.05) is 25.1 Å². The second kappa shape index (κ2) is 5.45. The highest BCUT2D eigenvalue weighted by Crippen LogP contribution is 2.32. The number of ether oxygens (including phenoxy) is 1. The van der Waals surface area contributed by atoms with Gasteiger partial charge in [0.1, 0.15) is 0 Å². The molecule has 1 aliphatic rings. The first-order valence-corrected chi connectivity index (χ1v) is 6.22. The Bertz CT molecular complexity index is 557. The molecule has 0 spiro atoms. The van der Waals surface area contributed by atoms with Crippen molar-refractivity contribution in [3.63, 3.8) is 0 Å². The summed E-state index contributed by atoms with van der Waals surface area (Å²) in [4.78, 5) is 13.4. The highest BCUT2D eigenvalue weighted by atomic mass is 19.3. The van der Waals surface area contributed by atoms with Gasteiger partial charge in [-0.15, -0.1) is 0 Å². The Morgan fingerprint density at radius 3 is 2.60 bits per heavy atom. The van der Waals surface area contributed by atoms with Crippen molar-refractivity contribution in [2.24, 2.45) is 0 Å². The van der Waals surface area contributed by atoms with E-state index in [1.807, 2.05) is 6.07 Å². The fraction of sp³-hybridized carbons (Fsp3) is 0.429. The van der Waals surface area contributed by atoms with E-state index in [0.717, 1.165) is 0 Å². The predicted molar refractivity (Wildman–Crippen MR) is 68.9 cm³/mol. The second-order valence-electron chi connectivity index (χ2n) is 4.68. The van der Waals surface area contributed by atoms with Crippen molar-refractivity contribution in [3.8, 4) is 6.07 Å². The number of carbonyl (C=O) groups is 1. The molecule has 0 saturated carbocycles. The van der Waals surface area contributed by atoms with Gasteiger partial charge in [-0.1, -0.05) is 0 Å². The van der Waals surface area contributed by atoms with Crippen LogP contribution in [0, 0.1) is 11.3 Å². The van der Waals surface area contributed by atoms with Gasteiger partial charge in [0.05, 0.1) is 30.0 Å². The molecular formula is C14H14F2N2O2. The van der Waals surface area contributed by atoms with Gasteiger partial charge < -0.3 is 9.64 Å². The lowest BCUT2D eigenvalue weighted by molar-refractivity contribution is -0.0220. The molecule has 1 aromatic rings. The van der Waals surface area contributed by atoms with Crippen molar-refractivity contribution < 1.29 is 18.3 Å². The van der Waals surface area contributed by atoms with Gasteiger partial charge in [0.15, 0.2) is 0 Å². The van der Waals surface area contributed by atoms with Crippen LogP contribution in [-0.4, -0.2) is 32.1 Å². The van der Waals surface area contributed by atoms with E-state index in [1.165, 1.54) is 25.3 Å². The van der Waals surface area contributed by atoms with Crippen LogP contribution in [0.1, 0.15) is 28.8 Å². The smallest absolute Gasteiger partial charge is 0.339 e. The van der Waals surface area contributed by atoms with E-state index in [1.54, 1.807) is 4.90 Å². The standard InChI is InChI=1S/C14H14F2N2O2/c1-20-13(19)11-3-2-10(9-17)8-12(11)18-6-4-14(15,16)5-7-18/h2-3,8H,4-7H2,1H3. The quantitative estimate of drug-likeness (QED) is 0.781. The van der Waals surface area contributed by atoms with Crippen molar-refractivity contribution >= 4 is 11.7 Å². The summed E-state index contributed by atoms with van der Waals surface area (Å²) in [5.74, 6) is -3.20. The minimum Gasteiger partial charge on any atom is -0.465 e. The Labute approximate surface area is 115 Å². The largest absolute Gasteiger partial charge is 0.465 e. The van der Waals surface area contributed by atoms with Gasteiger partial charge >= 0.3 is 5.97 Å². The summed E-state index contributed by atoms with van der Waals surface area (Å²) in [6, 6.07) is 6.52. The maximum absolute atomic E-state index is 13.2. The average Bonchev–Trinajstić information content (AvgIpc) is 2.46. The van der Waals surface area contributed by atoms with Crippen LogP contribution in [0.4, 0.5) is 14.5 Å². The molecule has 0 aromatic heterocycles. The number of hydrogen-bond acceptors (Lipinski definition) is 4. The van der Waals surface area contributed by atoms with Gasteiger partial charge in [0.25, 0.3) is 5.92 Å². The molecule has 0 amide bonds. The molecule has 1 aromatic carbocycles. The summed E-state index contributed by atoms with van der Waals surface area (Å²) in [5, 5.41) is 8.93. The van der Waals surface area contributed by atoms with Crippen LogP contribution in [0.25, 0.3) is 0 Å². The Morgan fingerprint density at radius 2 is 2.05 bits per heavy atom. The topological polar surface area (TPSA) is 53.3 Å². The molecule has 0 bridgehead atoms. The third-order valence-corrected chi connectivity index (χ3v) is 3.37. The number of nitrogens with zero attached hydrogens (tertiary/aromatic N) is 2. The number of esters is 1. The number of carbonyl (C=O) groups excluding carboxylic acids is 1. The Kier molecular flexibility index (Phi) is 3.89. The fourth-order valence-corrected chi connectivity index (χ4v) is 2.22. The van der Waals surface area contributed by atoms with Crippen molar-refractivity contribution in [1.29, 1.82) is 5.26 Å². The molecule has 106 valence electrons. The molecule has 0 aliphatic carbocycles. The van der Waals surface area contributed by atoms with Crippen LogP contribution in [0.3, 0.4) is 0 Å². The van der Waals surface area contributed by atoms with E-state index < -0.39 is 11.9 Å². The summed E-state index contributed by atoms with van der Waals surface area (Å²) in [6.07, 6.45) is -0.519. The minimum absolute atomic E-state index is 0.145. The number of methoxy groups -OCH3 is 1. The molecule has 1 fully saturated rings. The zero-order valence-electron chi connectivity index (χ0n) is 11.0. The zero-order valence-corrected chi connectivity index (χ0v) is 11.0. The SMILES string of the molecule is COC(=O)c1ccc(C#N)cc1N1CCC(F)(F)CC1. The number of rotatable bonds is 2.